The number of benzene rings is 1. The number of aromatic nitrogens is 4. The van der Waals surface area contributed by atoms with E-state index < -0.39 is 5.60 Å². The molecule has 0 spiro atoms. The first-order chi connectivity index (χ1) is 22.0. The Kier molecular flexibility index (Phi) is 8.73. The highest BCUT2D eigenvalue weighted by Gasteiger charge is 2.32. The molecule has 244 valence electrons. The molecule has 6 rings (SSSR count). The van der Waals surface area contributed by atoms with Crippen molar-refractivity contribution in [1.82, 2.24) is 24.3 Å². The quantitative estimate of drug-likeness (QED) is 0.265. The minimum atomic E-state index is -0.521. The van der Waals surface area contributed by atoms with Crippen LogP contribution in [0.1, 0.15) is 27.2 Å². The second kappa shape index (κ2) is 12.7. The van der Waals surface area contributed by atoms with Crippen LogP contribution in [0.2, 0.25) is 5.02 Å². The number of imidazole rings is 1. The molecule has 13 heteroatoms. The van der Waals surface area contributed by atoms with Crippen LogP contribution < -0.4 is 24.2 Å². The van der Waals surface area contributed by atoms with Crippen molar-refractivity contribution in [1.29, 1.82) is 0 Å². The number of rotatable bonds is 7. The number of carbonyl (C=O) groups is 1. The molecule has 12 nitrogen and oxygen atoms in total. The molecule has 0 saturated carbocycles. The van der Waals surface area contributed by atoms with Crippen LogP contribution in [0.15, 0.2) is 49.1 Å². The van der Waals surface area contributed by atoms with Gasteiger partial charge in [0.25, 0.3) is 0 Å². The van der Waals surface area contributed by atoms with E-state index in [0.717, 1.165) is 73.4 Å². The number of piperazine rings is 1. The van der Waals surface area contributed by atoms with Gasteiger partial charge in [0.05, 0.1) is 31.0 Å². The predicted molar refractivity (Wildman–Crippen MR) is 180 cm³/mol. The Morgan fingerprint density at radius 3 is 2.33 bits per heavy atom. The van der Waals surface area contributed by atoms with Gasteiger partial charge in [-0.3, -0.25) is 0 Å². The van der Waals surface area contributed by atoms with E-state index in [1.807, 2.05) is 50.7 Å². The van der Waals surface area contributed by atoms with Crippen molar-refractivity contribution in [3.05, 3.63) is 54.1 Å². The second-order valence-corrected chi connectivity index (χ2v) is 13.1. The van der Waals surface area contributed by atoms with Gasteiger partial charge in [-0.25, -0.2) is 19.7 Å². The Morgan fingerprint density at radius 2 is 1.63 bits per heavy atom. The molecule has 1 amide bonds. The van der Waals surface area contributed by atoms with Crippen LogP contribution in [0.25, 0.3) is 16.9 Å². The van der Waals surface area contributed by atoms with Gasteiger partial charge in [0, 0.05) is 88.2 Å². The number of fused-ring (bicyclic) bond motifs is 1. The number of likely N-dealkylation sites (N-methyl/N-ethyl adjacent to an activating group) is 1. The molecule has 0 radical (unpaired) electrons. The Hall–Kier alpha value is -4.45. The second-order valence-electron chi connectivity index (χ2n) is 12.7. The number of nitrogens with zero attached hydrogens (tertiary/aromatic N) is 8. The Bertz CT molecular complexity index is 1720. The van der Waals surface area contributed by atoms with Crippen LogP contribution in [0.5, 0.6) is 11.5 Å². The van der Waals surface area contributed by atoms with Crippen molar-refractivity contribution in [2.45, 2.75) is 38.8 Å². The molecular weight excluding hydrogens is 608 g/mol. The fourth-order valence-electron chi connectivity index (χ4n) is 5.98. The molecule has 0 bridgehead atoms. The fraction of sp³-hybridized carbons (Fsp3) is 0.455. The summed E-state index contributed by atoms with van der Waals surface area (Å²) in [4.78, 5) is 35.2. The van der Waals surface area contributed by atoms with Gasteiger partial charge in [0.2, 0.25) is 0 Å². The lowest BCUT2D eigenvalue weighted by Crippen LogP contribution is -2.47. The Labute approximate surface area is 274 Å². The largest absolute Gasteiger partial charge is 0.496 e. The molecule has 2 saturated heterocycles. The van der Waals surface area contributed by atoms with Crippen molar-refractivity contribution in [2.75, 3.05) is 75.2 Å². The standard InChI is InChI=1S/C33H41ClN8O4/c1-33(2,3)46-32(43)38(4)23-8-10-41(19-23)30-18-29(35-21-36-30)40-13-11-39(12-14-40)22-7-9-42-20-26(37-31(42)15-22)24-16-25(34)28(45-6)17-27(24)44-5/h7,9,15-18,20-21,23H,8,10-14,19H2,1-6H3. The maximum atomic E-state index is 12.6. The van der Waals surface area contributed by atoms with E-state index in [4.69, 9.17) is 30.8 Å². The number of anilines is 3. The van der Waals surface area contributed by atoms with Gasteiger partial charge in [-0.2, -0.15) is 0 Å². The maximum absolute atomic E-state index is 12.6. The van der Waals surface area contributed by atoms with Gasteiger partial charge < -0.3 is 38.2 Å². The molecule has 0 N–H and O–H groups in total. The molecule has 1 aromatic carbocycles. The van der Waals surface area contributed by atoms with Crippen LogP contribution in [0.3, 0.4) is 0 Å². The number of ether oxygens (including phenoxy) is 3. The van der Waals surface area contributed by atoms with Gasteiger partial charge in [-0.15, -0.1) is 0 Å². The maximum Gasteiger partial charge on any atom is 0.410 e. The highest BCUT2D eigenvalue weighted by Crippen LogP contribution is 2.38. The molecule has 1 atom stereocenters. The molecule has 2 fully saturated rings. The minimum absolute atomic E-state index is 0.0661. The Morgan fingerprint density at radius 1 is 0.935 bits per heavy atom. The lowest BCUT2D eigenvalue weighted by molar-refractivity contribution is 0.0238. The zero-order valence-corrected chi connectivity index (χ0v) is 28.0. The van der Waals surface area contributed by atoms with Crippen molar-refractivity contribution in [3.8, 4) is 22.8 Å². The number of halogens is 1. The summed E-state index contributed by atoms with van der Waals surface area (Å²) in [5.74, 6) is 2.99. The first-order valence-electron chi connectivity index (χ1n) is 15.5. The normalized spacial score (nSPS) is 17.0. The first-order valence-corrected chi connectivity index (χ1v) is 15.8. The third-order valence-electron chi connectivity index (χ3n) is 8.52. The smallest absolute Gasteiger partial charge is 0.410 e. The number of methoxy groups -OCH3 is 2. The fourth-order valence-corrected chi connectivity index (χ4v) is 6.22. The number of amides is 1. The summed E-state index contributed by atoms with van der Waals surface area (Å²) in [5, 5.41) is 0.500. The average molecular weight is 649 g/mol. The first kappa shape index (κ1) is 31.5. The van der Waals surface area contributed by atoms with E-state index in [2.05, 4.69) is 42.9 Å². The number of hydrogen-bond acceptors (Lipinski definition) is 10. The third-order valence-corrected chi connectivity index (χ3v) is 8.81. The number of pyridine rings is 1. The minimum Gasteiger partial charge on any atom is -0.496 e. The molecule has 5 heterocycles. The highest BCUT2D eigenvalue weighted by atomic mass is 35.5. The van der Waals surface area contributed by atoms with Crippen LogP contribution in [-0.2, 0) is 4.74 Å². The van der Waals surface area contributed by atoms with Crippen LogP contribution >= 0.6 is 11.6 Å². The molecule has 3 aromatic heterocycles. The summed E-state index contributed by atoms with van der Waals surface area (Å²) >= 11 is 6.42. The number of carbonyl (C=O) groups excluding carboxylic acids is 1. The topological polar surface area (TPSA) is 101 Å². The summed E-state index contributed by atoms with van der Waals surface area (Å²) in [7, 11) is 5.01. The molecule has 2 aliphatic rings. The summed E-state index contributed by atoms with van der Waals surface area (Å²) in [6.07, 6.45) is 6.21. The van der Waals surface area contributed by atoms with Crippen molar-refractivity contribution < 1.29 is 19.0 Å². The van der Waals surface area contributed by atoms with Gasteiger partial charge in [-0.1, -0.05) is 11.6 Å². The average Bonchev–Trinajstić information content (AvgIpc) is 3.71. The summed E-state index contributed by atoms with van der Waals surface area (Å²) in [6.45, 7) is 10.5. The van der Waals surface area contributed by atoms with E-state index in [-0.39, 0.29) is 12.1 Å². The van der Waals surface area contributed by atoms with Gasteiger partial charge >= 0.3 is 6.09 Å². The van der Waals surface area contributed by atoms with E-state index in [1.165, 1.54) is 0 Å². The van der Waals surface area contributed by atoms with Crippen molar-refractivity contribution in [3.63, 3.8) is 0 Å². The lowest BCUT2D eigenvalue weighted by Gasteiger charge is -2.37. The van der Waals surface area contributed by atoms with Crippen LogP contribution in [0.4, 0.5) is 22.1 Å². The monoisotopic (exact) mass is 648 g/mol. The van der Waals surface area contributed by atoms with Crippen LogP contribution in [0, 0.1) is 0 Å². The molecular formula is C33H41ClN8O4. The Balaban J connectivity index is 1.10. The van der Waals surface area contributed by atoms with Crippen molar-refractivity contribution in [2.24, 2.45) is 0 Å². The summed E-state index contributed by atoms with van der Waals surface area (Å²) < 4.78 is 18.5. The van der Waals surface area contributed by atoms with Gasteiger partial charge in [0.15, 0.2) is 0 Å². The molecule has 46 heavy (non-hydrogen) atoms. The lowest BCUT2D eigenvalue weighted by atomic mass is 10.1. The molecule has 2 aliphatic heterocycles. The third kappa shape index (κ3) is 6.57. The van der Waals surface area contributed by atoms with Crippen LogP contribution in [-0.4, -0.2) is 103 Å². The van der Waals surface area contributed by atoms with E-state index in [1.54, 1.807) is 31.5 Å². The molecule has 1 unspecified atom stereocenters. The van der Waals surface area contributed by atoms with Gasteiger partial charge in [-0.05, 0) is 39.3 Å². The molecule has 4 aromatic rings. The van der Waals surface area contributed by atoms with E-state index in [9.17, 15) is 4.79 Å². The summed E-state index contributed by atoms with van der Waals surface area (Å²) in [5.41, 5.74) is 3.00. The molecule has 0 aliphatic carbocycles. The zero-order chi connectivity index (χ0) is 32.6. The van der Waals surface area contributed by atoms with Gasteiger partial charge in [0.1, 0.15) is 40.7 Å². The number of hydrogen-bond donors (Lipinski definition) is 0. The predicted octanol–water partition coefficient (Wildman–Crippen LogP) is 5.23. The highest BCUT2D eigenvalue weighted by molar-refractivity contribution is 6.32. The van der Waals surface area contributed by atoms with E-state index in [0.29, 0.717) is 23.1 Å². The SMILES string of the molecule is COc1cc(OC)c(-c2cn3ccc(N4CCN(c5cc(N6CCC(N(C)C(=O)OC(C)(C)C)C6)ncn5)CC4)cc3n2)cc1Cl. The zero-order valence-electron chi connectivity index (χ0n) is 27.2. The van der Waals surface area contributed by atoms with Crippen molar-refractivity contribution >= 4 is 40.7 Å². The summed E-state index contributed by atoms with van der Waals surface area (Å²) in [6, 6.07) is 9.95. The van der Waals surface area contributed by atoms with E-state index >= 15 is 0 Å².